The van der Waals surface area contributed by atoms with E-state index in [2.05, 4.69) is 52.7 Å². The highest BCUT2D eigenvalue weighted by Crippen LogP contribution is 2.37. The number of aliphatic imine (C=N–C) groups is 1. The first-order valence-electron chi connectivity index (χ1n) is 13.8. The molecule has 0 aliphatic carbocycles. The average molecular weight is 545 g/mol. The number of aromatic nitrogens is 1. The van der Waals surface area contributed by atoms with Crippen LogP contribution in [0.2, 0.25) is 0 Å². The van der Waals surface area contributed by atoms with Crippen LogP contribution in [0.5, 0.6) is 0 Å². The lowest BCUT2D eigenvalue weighted by Gasteiger charge is -2.37. The van der Waals surface area contributed by atoms with E-state index in [1.807, 2.05) is 0 Å². The van der Waals surface area contributed by atoms with Gasteiger partial charge in [0.1, 0.15) is 11.4 Å². The summed E-state index contributed by atoms with van der Waals surface area (Å²) in [5, 5.41) is 10.3. The van der Waals surface area contributed by atoms with Gasteiger partial charge in [0.05, 0.1) is 18.3 Å². The third-order valence-electron chi connectivity index (χ3n) is 8.32. The van der Waals surface area contributed by atoms with Crippen LogP contribution in [-0.2, 0) is 11.3 Å². The topological polar surface area (TPSA) is 87.4 Å². The molecule has 0 radical (unpaired) electrons. The van der Waals surface area contributed by atoms with Gasteiger partial charge in [0.15, 0.2) is 0 Å². The number of halogens is 1. The molecule has 2 aromatic carbocycles. The van der Waals surface area contributed by atoms with Crippen molar-refractivity contribution < 1.29 is 23.8 Å². The SMILES string of the molecule is CC(C)n1cc(CN2CCC3(CC2)CN(c2ccc(C(=O)O)cc2)C(=O)O3)c2c(C3=NC=C(F)CC3)cccc21. The molecule has 0 bridgehead atoms. The normalized spacial score (nSPS) is 19.3. The van der Waals surface area contributed by atoms with E-state index in [4.69, 9.17) is 9.84 Å². The molecular weight excluding hydrogens is 511 g/mol. The van der Waals surface area contributed by atoms with Crippen molar-refractivity contribution in [3.05, 3.63) is 77.4 Å². The van der Waals surface area contributed by atoms with Gasteiger partial charge in [-0.2, -0.15) is 0 Å². The molecule has 1 amide bonds. The minimum atomic E-state index is -1.000. The largest absolute Gasteiger partial charge is 0.478 e. The molecule has 0 saturated carbocycles. The van der Waals surface area contributed by atoms with Crippen molar-refractivity contribution in [3.63, 3.8) is 0 Å². The van der Waals surface area contributed by atoms with Gasteiger partial charge in [-0.05, 0) is 56.2 Å². The van der Waals surface area contributed by atoms with E-state index >= 15 is 0 Å². The summed E-state index contributed by atoms with van der Waals surface area (Å²) >= 11 is 0. The molecule has 6 rings (SSSR count). The van der Waals surface area contributed by atoms with Crippen molar-refractivity contribution in [2.24, 2.45) is 4.99 Å². The maximum Gasteiger partial charge on any atom is 0.415 e. The van der Waals surface area contributed by atoms with Crippen LogP contribution in [0.1, 0.15) is 67.1 Å². The number of carboxylic acids is 1. The fourth-order valence-corrected chi connectivity index (χ4v) is 6.13. The Bertz CT molecular complexity index is 1530. The Hall–Kier alpha value is -3.98. The number of aromatic carboxylic acids is 1. The van der Waals surface area contributed by atoms with Crippen molar-refractivity contribution in [1.29, 1.82) is 0 Å². The summed E-state index contributed by atoms with van der Waals surface area (Å²) in [5.74, 6) is -1.18. The molecule has 8 nitrogen and oxygen atoms in total. The van der Waals surface area contributed by atoms with E-state index in [1.165, 1.54) is 29.3 Å². The first kappa shape index (κ1) is 26.3. The van der Waals surface area contributed by atoms with E-state index in [1.54, 1.807) is 17.0 Å². The van der Waals surface area contributed by atoms with Crippen molar-refractivity contribution in [1.82, 2.24) is 9.47 Å². The lowest BCUT2D eigenvalue weighted by atomic mass is 9.90. The van der Waals surface area contributed by atoms with Crippen LogP contribution in [0, 0.1) is 0 Å². The van der Waals surface area contributed by atoms with Gasteiger partial charge in [-0.1, -0.05) is 12.1 Å². The van der Waals surface area contributed by atoms with Crippen LogP contribution in [0.3, 0.4) is 0 Å². The van der Waals surface area contributed by atoms with Gasteiger partial charge in [-0.3, -0.25) is 14.8 Å². The van der Waals surface area contributed by atoms with Gasteiger partial charge < -0.3 is 14.4 Å². The van der Waals surface area contributed by atoms with E-state index in [0.29, 0.717) is 25.1 Å². The number of fused-ring (bicyclic) bond motifs is 1. The number of hydrogen-bond donors (Lipinski definition) is 1. The Balaban J connectivity index is 1.20. The number of ether oxygens (including phenoxy) is 1. The van der Waals surface area contributed by atoms with Crippen LogP contribution in [-0.4, -0.2) is 57.6 Å². The number of likely N-dealkylation sites (tertiary alicyclic amines) is 1. The first-order chi connectivity index (χ1) is 19.2. The summed E-state index contributed by atoms with van der Waals surface area (Å²) in [6, 6.07) is 12.9. The molecule has 1 N–H and O–H groups in total. The molecule has 40 heavy (non-hydrogen) atoms. The lowest BCUT2D eigenvalue weighted by Crippen LogP contribution is -2.46. The van der Waals surface area contributed by atoms with Gasteiger partial charge in [0.2, 0.25) is 0 Å². The summed E-state index contributed by atoms with van der Waals surface area (Å²) in [6.07, 6.45) is 5.59. The van der Waals surface area contributed by atoms with E-state index < -0.39 is 11.6 Å². The first-order valence-corrected chi connectivity index (χ1v) is 13.8. The molecule has 4 heterocycles. The van der Waals surface area contributed by atoms with Gasteiger partial charge in [0, 0.05) is 79.0 Å². The second-order valence-electron chi connectivity index (χ2n) is 11.3. The molecule has 3 aromatic rings. The number of carboxylic acid groups (broad SMARTS) is 1. The smallest absolute Gasteiger partial charge is 0.415 e. The number of benzene rings is 2. The molecule has 0 atom stereocenters. The second kappa shape index (κ2) is 10.2. The molecule has 9 heteroatoms. The molecule has 1 aromatic heterocycles. The maximum atomic E-state index is 13.7. The van der Waals surface area contributed by atoms with Gasteiger partial charge in [0.25, 0.3) is 0 Å². The van der Waals surface area contributed by atoms with Crippen LogP contribution < -0.4 is 4.90 Å². The molecule has 1 spiro atoms. The zero-order chi connectivity index (χ0) is 28.0. The van der Waals surface area contributed by atoms with Crippen LogP contribution in [0.4, 0.5) is 14.9 Å². The maximum absolute atomic E-state index is 13.7. The van der Waals surface area contributed by atoms with Crippen molar-refractivity contribution >= 4 is 34.4 Å². The molecule has 2 saturated heterocycles. The Morgan fingerprint density at radius 2 is 1.88 bits per heavy atom. The fourth-order valence-electron chi connectivity index (χ4n) is 6.13. The summed E-state index contributed by atoms with van der Waals surface area (Å²) < 4.78 is 21.9. The third-order valence-corrected chi connectivity index (χ3v) is 8.32. The third kappa shape index (κ3) is 4.79. The molecule has 3 aliphatic rings. The highest BCUT2D eigenvalue weighted by molar-refractivity contribution is 6.12. The summed E-state index contributed by atoms with van der Waals surface area (Å²) in [6.45, 7) is 7.12. The van der Waals surface area contributed by atoms with Crippen molar-refractivity contribution in [2.75, 3.05) is 24.5 Å². The molecule has 3 aliphatic heterocycles. The number of carbonyl (C=O) groups excluding carboxylic acids is 1. The number of amides is 1. The zero-order valence-electron chi connectivity index (χ0n) is 22.8. The summed E-state index contributed by atoms with van der Waals surface area (Å²) in [7, 11) is 0. The van der Waals surface area contributed by atoms with Crippen molar-refractivity contribution in [3.8, 4) is 0 Å². The number of allylic oxidation sites excluding steroid dienone is 1. The predicted octanol–water partition coefficient (Wildman–Crippen LogP) is 6.31. The van der Waals surface area contributed by atoms with Gasteiger partial charge >= 0.3 is 12.1 Å². The second-order valence-corrected chi connectivity index (χ2v) is 11.3. The highest BCUT2D eigenvalue weighted by Gasteiger charge is 2.47. The Kier molecular flexibility index (Phi) is 6.70. The minimum Gasteiger partial charge on any atom is -0.478 e. The number of nitrogens with zero attached hydrogens (tertiary/aromatic N) is 4. The average Bonchev–Trinajstić information content (AvgIpc) is 3.48. The summed E-state index contributed by atoms with van der Waals surface area (Å²) in [5.41, 5.74) is 4.63. The number of carbonyl (C=O) groups is 2. The van der Waals surface area contributed by atoms with Crippen LogP contribution in [0.25, 0.3) is 10.9 Å². The highest BCUT2D eigenvalue weighted by atomic mass is 19.1. The van der Waals surface area contributed by atoms with E-state index in [0.717, 1.165) is 49.3 Å². The number of piperidine rings is 1. The molecule has 2 fully saturated rings. The Morgan fingerprint density at radius 1 is 1.12 bits per heavy atom. The molecule has 0 unspecified atom stereocenters. The Labute approximate surface area is 232 Å². The molecule has 208 valence electrons. The predicted molar refractivity (Wildman–Crippen MR) is 152 cm³/mol. The monoisotopic (exact) mass is 544 g/mol. The van der Waals surface area contributed by atoms with Crippen LogP contribution in [0.15, 0.2) is 65.7 Å². The van der Waals surface area contributed by atoms with Gasteiger partial charge in [-0.15, -0.1) is 0 Å². The standard InChI is InChI=1S/C31H33FN4O4/c1-20(2)35-18-22(28-25(4-3-5-27(28)35)26-11-8-23(32)16-33-26)17-34-14-12-31(13-15-34)19-36(30(39)40-31)24-9-6-21(7-10-24)29(37)38/h3-7,9-10,16,18,20H,8,11-15,17,19H2,1-2H3,(H,37,38). The minimum absolute atomic E-state index is 0.179. The number of anilines is 1. The molecular formula is C31H33FN4O4. The van der Waals surface area contributed by atoms with E-state index in [9.17, 15) is 14.0 Å². The fraction of sp³-hybridized carbons (Fsp3) is 0.387. The quantitative estimate of drug-likeness (QED) is 0.393. The van der Waals surface area contributed by atoms with Crippen molar-refractivity contribution in [2.45, 2.75) is 57.7 Å². The summed E-state index contributed by atoms with van der Waals surface area (Å²) in [4.78, 5) is 32.4. The zero-order valence-corrected chi connectivity index (χ0v) is 22.8. The number of rotatable bonds is 6. The van der Waals surface area contributed by atoms with E-state index in [-0.39, 0.29) is 23.5 Å². The Morgan fingerprint density at radius 3 is 2.52 bits per heavy atom. The van der Waals surface area contributed by atoms with Gasteiger partial charge in [-0.25, -0.2) is 14.0 Å². The lowest BCUT2D eigenvalue weighted by molar-refractivity contribution is -0.000899. The number of hydrogen-bond acceptors (Lipinski definition) is 5. The van der Waals surface area contributed by atoms with Crippen LogP contribution >= 0.6 is 0 Å².